The van der Waals surface area contributed by atoms with Gasteiger partial charge in [-0.25, -0.2) is 0 Å². The van der Waals surface area contributed by atoms with Crippen molar-refractivity contribution in [1.29, 1.82) is 0 Å². The summed E-state index contributed by atoms with van der Waals surface area (Å²) in [4.78, 5) is 2.22. The molecule has 0 spiro atoms. The third kappa shape index (κ3) is 4.96. The van der Waals surface area contributed by atoms with E-state index in [4.69, 9.17) is 0 Å². The second-order valence-corrected chi connectivity index (χ2v) is 7.42. The molecule has 1 heterocycles. The number of hydrogen-bond donors (Lipinski definition) is 1. The van der Waals surface area contributed by atoms with Crippen LogP contribution in [0.1, 0.15) is 0 Å². The van der Waals surface area contributed by atoms with E-state index >= 15 is 0 Å². The molecule has 118 valence electrons. The molecule has 0 bridgehead atoms. The Morgan fingerprint density at radius 1 is 0.909 bits per heavy atom. The zero-order valence-electron chi connectivity index (χ0n) is 12.7. The molecule has 0 saturated heterocycles. The van der Waals surface area contributed by atoms with E-state index in [1.807, 2.05) is 12.9 Å². The van der Waals surface area contributed by atoms with Gasteiger partial charge in [-0.1, -0.05) is 36.4 Å². The van der Waals surface area contributed by atoms with Gasteiger partial charge in [0.25, 0.3) is 0 Å². The van der Waals surface area contributed by atoms with Crippen LogP contribution >= 0.6 is 7.92 Å². The summed E-state index contributed by atoms with van der Waals surface area (Å²) in [7, 11) is -0.710. The largest absolute Gasteiger partial charge is 2.00 e. The van der Waals surface area contributed by atoms with E-state index in [9.17, 15) is 0 Å². The summed E-state index contributed by atoms with van der Waals surface area (Å²) < 4.78 is 0. The summed E-state index contributed by atoms with van der Waals surface area (Å²) in [5, 5.41) is 6.08. The van der Waals surface area contributed by atoms with Crippen molar-refractivity contribution >= 4 is 18.5 Å². The Kier molecular flexibility index (Phi) is 8.43. The third-order valence-corrected chi connectivity index (χ3v) is 6.25. The van der Waals surface area contributed by atoms with Gasteiger partial charge < -0.3 is 17.6 Å². The second kappa shape index (κ2) is 9.80. The van der Waals surface area contributed by atoms with Crippen LogP contribution in [0, 0.1) is 14.1 Å². The Labute approximate surface area is 149 Å². The average Bonchev–Trinajstić information content (AvgIpc) is 3.03. The van der Waals surface area contributed by atoms with Crippen molar-refractivity contribution in [2.75, 3.05) is 12.7 Å². The molecule has 0 radical (unpaired) electrons. The number of hydrogen-bond acceptors (Lipinski definition) is 2. The SMILES string of the molecule is C1=CN(CC[PH+](c2ccccc2)c2ccccc2)[CH-]N1.[CH3-].[Pd+2]. The predicted octanol–water partition coefficient (Wildman–Crippen LogP) is 2.80. The zero-order chi connectivity index (χ0) is 13.6. The topological polar surface area (TPSA) is 15.3 Å². The first kappa shape index (κ1) is 18.9. The average molecular weight is 404 g/mol. The van der Waals surface area contributed by atoms with Gasteiger partial charge in [-0.15, -0.1) is 0 Å². The third-order valence-electron chi connectivity index (χ3n) is 3.47. The van der Waals surface area contributed by atoms with Gasteiger partial charge in [0.05, 0.1) is 24.7 Å². The van der Waals surface area contributed by atoms with Gasteiger partial charge in [0.15, 0.2) is 0 Å². The summed E-state index contributed by atoms with van der Waals surface area (Å²) in [6, 6.07) is 21.8. The normalized spacial score (nSPS) is 12.5. The van der Waals surface area contributed by atoms with Crippen LogP contribution in [0.5, 0.6) is 0 Å². The Morgan fingerprint density at radius 3 is 1.91 bits per heavy atom. The van der Waals surface area contributed by atoms with Crippen LogP contribution in [0.25, 0.3) is 0 Å². The molecule has 2 nitrogen and oxygen atoms in total. The Hall–Kier alpha value is -1.13. The smallest absolute Gasteiger partial charge is 0.521 e. The number of rotatable bonds is 5. The molecule has 0 atom stereocenters. The maximum atomic E-state index is 3.11. The number of nitrogens with zero attached hydrogens (tertiary/aromatic N) is 1. The maximum Gasteiger partial charge on any atom is 2.00 e. The molecule has 0 aromatic heterocycles. The van der Waals surface area contributed by atoms with E-state index in [2.05, 4.69) is 77.1 Å². The van der Waals surface area contributed by atoms with E-state index in [0.29, 0.717) is 0 Å². The molecule has 0 saturated carbocycles. The standard InChI is InChI=1S/C17H18N2P.CH3.Pd/c1-3-7-16(8-4-1)20(17-9-5-2-6-10-17)14-13-19-12-11-18-15-19;;/h1-12,15,18H,13-14H2;1H3;/q2*-1;+2/p+1. The fraction of sp³-hybridized carbons (Fsp3) is 0.111. The molecule has 3 rings (SSSR count). The van der Waals surface area contributed by atoms with Gasteiger partial charge >= 0.3 is 20.4 Å². The molecule has 2 aromatic carbocycles. The van der Waals surface area contributed by atoms with Gasteiger partial charge in [0.2, 0.25) is 0 Å². The van der Waals surface area contributed by atoms with E-state index in [1.54, 1.807) is 0 Å². The molecule has 22 heavy (non-hydrogen) atoms. The summed E-state index contributed by atoms with van der Waals surface area (Å²) in [6.45, 7) is 3.08. The fourth-order valence-corrected chi connectivity index (χ4v) is 5.02. The maximum absolute atomic E-state index is 3.11. The molecule has 0 fully saturated rings. The Bertz CT molecular complexity index is 520. The predicted molar refractivity (Wildman–Crippen MR) is 95.0 cm³/mol. The first-order chi connectivity index (χ1) is 9.93. The number of benzene rings is 2. The van der Waals surface area contributed by atoms with Crippen LogP contribution in [0.3, 0.4) is 0 Å². The molecule has 2 aromatic rings. The van der Waals surface area contributed by atoms with Crippen molar-refractivity contribution in [2.45, 2.75) is 0 Å². The summed E-state index contributed by atoms with van der Waals surface area (Å²) >= 11 is 0. The van der Waals surface area contributed by atoms with Crippen molar-refractivity contribution < 1.29 is 20.4 Å². The van der Waals surface area contributed by atoms with Gasteiger partial charge in [0.1, 0.15) is 0 Å². The summed E-state index contributed by atoms with van der Waals surface area (Å²) in [6.07, 6.45) is 5.26. The molecule has 1 N–H and O–H groups in total. The van der Waals surface area contributed by atoms with Gasteiger partial charge in [-0.05, 0) is 36.7 Å². The van der Waals surface area contributed by atoms with E-state index < -0.39 is 7.92 Å². The summed E-state index contributed by atoms with van der Waals surface area (Å²) in [5.41, 5.74) is 0. The van der Waals surface area contributed by atoms with Crippen LogP contribution in [-0.4, -0.2) is 17.6 Å². The van der Waals surface area contributed by atoms with E-state index in [1.165, 1.54) is 16.8 Å². The minimum Gasteiger partial charge on any atom is -0.521 e. The minimum atomic E-state index is -0.710. The van der Waals surface area contributed by atoms with Crippen molar-refractivity contribution in [1.82, 2.24) is 10.2 Å². The van der Waals surface area contributed by atoms with Crippen LogP contribution < -0.4 is 15.9 Å². The fourth-order valence-electron chi connectivity index (χ4n) is 2.43. The van der Waals surface area contributed by atoms with Crippen LogP contribution in [0.4, 0.5) is 0 Å². The van der Waals surface area contributed by atoms with Gasteiger partial charge in [-0.3, -0.25) is 0 Å². The minimum absolute atomic E-state index is 0. The quantitative estimate of drug-likeness (QED) is 0.469. The first-order valence-corrected chi connectivity index (χ1v) is 8.63. The Balaban J connectivity index is 0.00000121. The van der Waals surface area contributed by atoms with Gasteiger partial charge in [-0.2, -0.15) is 6.67 Å². The van der Waals surface area contributed by atoms with E-state index in [0.717, 1.165) is 6.54 Å². The van der Waals surface area contributed by atoms with Crippen LogP contribution in [-0.2, 0) is 20.4 Å². The molecule has 0 unspecified atom stereocenters. The van der Waals surface area contributed by atoms with Crippen molar-refractivity contribution in [2.24, 2.45) is 0 Å². The molecular weight excluding hydrogens is 382 g/mol. The molecule has 0 aliphatic carbocycles. The van der Waals surface area contributed by atoms with E-state index in [-0.39, 0.29) is 27.8 Å². The van der Waals surface area contributed by atoms with Crippen LogP contribution in [0.15, 0.2) is 73.1 Å². The molecule has 1 aliphatic rings. The monoisotopic (exact) mass is 403 g/mol. The Morgan fingerprint density at radius 2 is 1.45 bits per heavy atom. The van der Waals surface area contributed by atoms with Crippen molar-refractivity contribution in [3.63, 3.8) is 0 Å². The molecule has 0 amide bonds. The second-order valence-electron chi connectivity index (χ2n) is 4.81. The molecule has 4 heteroatoms. The van der Waals surface area contributed by atoms with Gasteiger partial charge in [0, 0.05) is 6.54 Å². The zero-order valence-corrected chi connectivity index (χ0v) is 15.2. The molecule has 1 aliphatic heterocycles. The molecular formula is C18H22N2PPd+. The van der Waals surface area contributed by atoms with Crippen molar-refractivity contribution in [3.05, 3.63) is 87.2 Å². The van der Waals surface area contributed by atoms with Crippen molar-refractivity contribution in [3.8, 4) is 0 Å². The van der Waals surface area contributed by atoms with Crippen LogP contribution in [0.2, 0.25) is 0 Å². The summed E-state index contributed by atoms with van der Waals surface area (Å²) in [5.74, 6) is 0. The first-order valence-electron chi connectivity index (χ1n) is 6.92. The number of nitrogens with one attached hydrogen (secondary N) is 1.